The zero-order chi connectivity index (χ0) is 12.4. The van der Waals surface area contributed by atoms with Gasteiger partial charge < -0.3 is 0 Å². The van der Waals surface area contributed by atoms with Crippen molar-refractivity contribution in [2.75, 3.05) is 0 Å². The van der Waals surface area contributed by atoms with Crippen molar-refractivity contribution in [2.45, 2.75) is 13.3 Å². The first-order valence-corrected chi connectivity index (χ1v) is 6.39. The van der Waals surface area contributed by atoms with Gasteiger partial charge in [-0.2, -0.15) is 0 Å². The molecule has 1 aromatic heterocycles. The van der Waals surface area contributed by atoms with Crippen LogP contribution in [0.15, 0.2) is 30.3 Å². The molecule has 0 unspecified atom stereocenters. The van der Waals surface area contributed by atoms with E-state index in [0.29, 0.717) is 10.4 Å². The Kier molecular flexibility index (Phi) is 3.60. The fraction of sp³-hybridized carbons (Fsp3) is 0.154. The van der Waals surface area contributed by atoms with Gasteiger partial charge in [0.05, 0.1) is 9.90 Å². The Morgan fingerprint density at radius 2 is 2.12 bits per heavy atom. The maximum absolute atomic E-state index is 13.0. The minimum Gasteiger partial charge on any atom is -0.288 e. The first-order chi connectivity index (χ1) is 8.11. The highest BCUT2D eigenvalue weighted by molar-refractivity contribution is 7.14. The summed E-state index contributed by atoms with van der Waals surface area (Å²) in [4.78, 5) is 13.9. The van der Waals surface area contributed by atoms with E-state index in [1.807, 2.05) is 13.0 Å². The quantitative estimate of drug-likeness (QED) is 0.757. The number of carbonyl (C=O) groups is 1. The van der Waals surface area contributed by atoms with E-state index in [1.54, 1.807) is 6.07 Å². The number of ketones is 1. The standard InChI is InChI=1S/C13H10ClFOS/c1-2-9-4-6-12(17-9)13(16)8-3-5-11(15)10(14)7-8/h3-7H,2H2,1H3. The van der Waals surface area contributed by atoms with Crippen LogP contribution in [0.4, 0.5) is 4.39 Å². The van der Waals surface area contributed by atoms with Crippen LogP contribution >= 0.6 is 22.9 Å². The number of rotatable bonds is 3. The summed E-state index contributed by atoms with van der Waals surface area (Å²) in [5.41, 5.74) is 0.418. The molecule has 0 saturated heterocycles. The second-order valence-electron chi connectivity index (χ2n) is 3.58. The molecular formula is C13H10ClFOS. The highest BCUT2D eigenvalue weighted by atomic mass is 35.5. The van der Waals surface area contributed by atoms with Gasteiger partial charge in [0.15, 0.2) is 0 Å². The van der Waals surface area contributed by atoms with E-state index in [-0.39, 0.29) is 10.8 Å². The third kappa shape index (κ3) is 2.56. The van der Waals surface area contributed by atoms with Gasteiger partial charge in [0.1, 0.15) is 5.82 Å². The topological polar surface area (TPSA) is 17.1 Å². The lowest BCUT2D eigenvalue weighted by Crippen LogP contribution is -1.98. The summed E-state index contributed by atoms with van der Waals surface area (Å²) in [6, 6.07) is 7.76. The zero-order valence-corrected chi connectivity index (χ0v) is 10.7. The molecule has 0 atom stereocenters. The SMILES string of the molecule is CCc1ccc(C(=O)c2ccc(F)c(Cl)c2)s1. The Labute approximate surface area is 108 Å². The summed E-state index contributed by atoms with van der Waals surface area (Å²) in [6.07, 6.45) is 0.905. The minimum atomic E-state index is -0.511. The van der Waals surface area contributed by atoms with Crippen LogP contribution in [0.25, 0.3) is 0 Å². The first kappa shape index (κ1) is 12.3. The third-order valence-electron chi connectivity index (χ3n) is 2.42. The van der Waals surface area contributed by atoms with Crippen molar-refractivity contribution in [3.8, 4) is 0 Å². The summed E-state index contributed by atoms with van der Waals surface area (Å²) in [5.74, 6) is -0.625. The van der Waals surface area contributed by atoms with Gasteiger partial charge in [-0.1, -0.05) is 18.5 Å². The van der Waals surface area contributed by atoms with E-state index < -0.39 is 5.82 Å². The molecule has 1 heterocycles. The van der Waals surface area contributed by atoms with Crippen LogP contribution in [-0.4, -0.2) is 5.78 Å². The molecule has 0 amide bonds. The van der Waals surface area contributed by atoms with Gasteiger partial charge in [0, 0.05) is 10.4 Å². The molecule has 0 aliphatic heterocycles. The van der Waals surface area contributed by atoms with E-state index in [0.717, 1.165) is 11.3 Å². The molecule has 17 heavy (non-hydrogen) atoms. The molecule has 0 radical (unpaired) electrons. The maximum Gasteiger partial charge on any atom is 0.203 e. The molecule has 1 nitrogen and oxygen atoms in total. The summed E-state index contributed by atoms with van der Waals surface area (Å²) in [5, 5.41) is -0.0249. The normalized spacial score (nSPS) is 10.5. The van der Waals surface area contributed by atoms with Gasteiger partial charge >= 0.3 is 0 Å². The number of thiophene rings is 1. The van der Waals surface area contributed by atoms with Gasteiger partial charge in [-0.25, -0.2) is 4.39 Å². The molecule has 0 N–H and O–H groups in total. The second kappa shape index (κ2) is 4.98. The van der Waals surface area contributed by atoms with Gasteiger partial charge in [0.25, 0.3) is 0 Å². The molecule has 88 valence electrons. The van der Waals surface area contributed by atoms with Crippen LogP contribution in [0.5, 0.6) is 0 Å². The van der Waals surface area contributed by atoms with Crippen molar-refractivity contribution >= 4 is 28.7 Å². The molecule has 0 fully saturated rings. The summed E-state index contributed by atoms with van der Waals surface area (Å²) in [7, 11) is 0. The van der Waals surface area contributed by atoms with Crippen LogP contribution in [0.3, 0.4) is 0 Å². The van der Waals surface area contributed by atoms with Crippen molar-refractivity contribution in [1.82, 2.24) is 0 Å². The zero-order valence-electron chi connectivity index (χ0n) is 9.17. The van der Waals surface area contributed by atoms with Crippen LogP contribution < -0.4 is 0 Å². The lowest BCUT2D eigenvalue weighted by atomic mass is 10.1. The van der Waals surface area contributed by atoms with Crippen LogP contribution in [0.1, 0.15) is 27.0 Å². The fourth-order valence-corrected chi connectivity index (χ4v) is 2.56. The Bertz CT molecular complexity index is 562. The Balaban J connectivity index is 2.33. The minimum absolute atomic E-state index is 0.0249. The number of halogens is 2. The largest absolute Gasteiger partial charge is 0.288 e. The van der Waals surface area contributed by atoms with E-state index in [4.69, 9.17) is 11.6 Å². The van der Waals surface area contributed by atoms with E-state index >= 15 is 0 Å². The van der Waals surface area contributed by atoms with Gasteiger partial charge in [-0.05, 0) is 36.8 Å². The number of benzene rings is 1. The highest BCUT2D eigenvalue weighted by Gasteiger charge is 2.13. The average Bonchev–Trinajstić information content (AvgIpc) is 2.80. The third-order valence-corrected chi connectivity index (χ3v) is 3.93. The van der Waals surface area contributed by atoms with E-state index in [1.165, 1.54) is 29.5 Å². The molecular weight excluding hydrogens is 259 g/mol. The highest BCUT2D eigenvalue weighted by Crippen LogP contribution is 2.23. The van der Waals surface area contributed by atoms with Gasteiger partial charge in [-0.3, -0.25) is 4.79 Å². The molecule has 0 aliphatic rings. The van der Waals surface area contributed by atoms with Crippen molar-refractivity contribution in [2.24, 2.45) is 0 Å². The molecule has 1 aromatic carbocycles. The predicted molar refractivity (Wildman–Crippen MR) is 68.5 cm³/mol. The Morgan fingerprint density at radius 3 is 2.71 bits per heavy atom. The summed E-state index contributed by atoms with van der Waals surface area (Å²) >= 11 is 7.11. The number of hydrogen-bond donors (Lipinski definition) is 0. The van der Waals surface area contributed by atoms with Crippen LogP contribution in [-0.2, 0) is 6.42 Å². The molecule has 0 saturated carbocycles. The first-order valence-electron chi connectivity index (χ1n) is 5.20. The molecule has 0 aliphatic carbocycles. The molecule has 0 bridgehead atoms. The van der Waals surface area contributed by atoms with Gasteiger partial charge in [-0.15, -0.1) is 11.3 Å². The maximum atomic E-state index is 13.0. The van der Waals surface area contributed by atoms with E-state index in [2.05, 4.69) is 0 Å². The van der Waals surface area contributed by atoms with Crippen molar-refractivity contribution in [3.05, 3.63) is 56.5 Å². The van der Waals surface area contributed by atoms with Gasteiger partial charge in [0.2, 0.25) is 5.78 Å². The summed E-state index contributed by atoms with van der Waals surface area (Å²) in [6.45, 7) is 2.04. The predicted octanol–water partition coefficient (Wildman–Crippen LogP) is 4.33. The Hall–Kier alpha value is -1.19. The summed E-state index contributed by atoms with van der Waals surface area (Å²) < 4.78 is 13.0. The lowest BCUT2D eigenvalue weighted by Gasteiger charge is -1.99. The second-order valence-corrected chi connectivity index (χ2v) is 5.15. The number of carbonyl (C=O) groups excluding carboxylic acids is 1. The van der Waals surface area contributed by atoms with Crippen molar-refractivity contribution in [3.63, 3.8) is 0 Å². The molecule has 2 rings (SSSR count). The number of hydrogen-bond acceptors (Lipinski definition) is 2. The molecule has 2 aromatic rings. The number of aryl methyl sites for hydroxylation is 1. The molecule has 0 spiro atoms. The lowest BCUT2D eigenvalue weighted by molar-refractivity contribution is 0.104. The fourth-order valence-electron chi connectivity index (χ4n) is 1.47. The Morgan fingerprint density at radius 1 is 1.35 bits per heavy atom. The van der Waals surface area contributed by atoms with E-state index in [9.17, 15) is 9.18 Å². The van der Waals surface area contributed by atoms with Crippen molar-refractivity contribution in [1.29, 1.82) is 0 Å². The van der Waals surface area contributed by atoms with Crippen LogP contribution in [0, 0.1) is 5.82 Å². The monoisotopic (exact) mass is 268 g/mol. The molecule has 4 heteroatoms. The smallest absolute Gasteiger partial charge is 0.203 e. The van der Waals surface area contributed by atoms with Crippen molar-refractivity contribution < 1.29 is 9.18 Å². The average molecular weight is 269 g/mol. The van der Waals surface area contributed by atoms with Crippen LogP contribution in [0.2, 0.25) is 5.02 Å².